The molecular formula is C22H22N2O3. The van der Waals surface area contributed by atoms with E-state index in [0.717, 1.165) is 22.1 Å². The van der Waals surface area contributed by atoms with Gasteiger partial charge >= 0.3 is 0 Å². The fourth-order valence-corrected chi connectivity index (χ4v) is 2.73. The maximum Gasteiger partial charge on any atom is 0.271 e. The van der Waals surface area contributed by atoms with Gasteiger partial charge in [-0.1, -0.05) is 30.3 Å². The lowest BCUT2D eigenvalue weighted by Crippen LogP contribution is -2.17. The normalized spacial score (nSPS) is 11.1. The summed E-state index contributed by atoms with van der Waals surface area (Å²) in [7, 11) is 1.58. The van der Waals surface area contributed by atoms with Gasteiger partial charge in [-0.05, 0) is 55.0 Å². The predicted octanol–water partition coefficient (Wildman–Crippen LogP) is 4.40. The van der Waals surface area contributed by atoms with Crippen molar-refractivity contribution in [1.29, 1.82) is 0 Å². The van der Waals surface area contributed by atoms with Gasteiger partial charge < -0.3 is 9.47 Å². The minimum atomic E-state index is -0.291. The monoisotopic (exact) mass is 362 g/mol. The topological polar surface area (TPSA) is 59.9 Å². The Morgan fingerprint density at radius 2 is 1.78 bits per heavy atom. The fraction of sp³-hybridized carbons (Fsp3) is 0.182. The molecule has 0 unspecified atom stereocenters. The molecule has 0 aliphatic heterocycles. The number of nitrogens with one attached hydrogen (secondary N) is 1. The first-order chi connectivity index (χ1) is 13.1. The highest BCUT2D eigenvalue weighted by atomic mass is 16.5. The van der Waals surface area contributed by atoms with Crippen molar-refractivity contribution >= 4 is 22.9 Å². The quantitative estimate of drug-likeness (QED) is 0.522. The maximum atomic E-state index is 12.3. The molecule has 0 bridgehead atoms. The number of amides is 1. The van der Waals surface area contributed by atoms with Crippen molar-refractivity contribution in [2.24, 2.45) is 5.10 Å². The molecule has 27 heavy (non-hydrogen) atoms. The number of nitrogens with zero attached hydrogens (tertiary/aromatic N) is 1. The molecule has 3 aromatic rings. The highest BCUT2D eigenvalue weighted by Crippen LogP contribution is 2.27. The zero-order valence-electron chi connectivity index (χ0n) is 15.6. The van der Waals surface area contributed by atoms with Crippen LogP contribution in [0.3, 0.4) is 0 Å². The van der Waals surface area contributed by atoms with Crippen LogP contribution in [0.5, 0.6) is 11.5 Å². The van der Waals surface area contributed by atoms with Crippen LogP contribution in [0.4, 0.5) is 0 Å². The van der Waals surface area contributed by atoms with Crippen molar-refractivity contribution in [3.63, 3.8) is 0 Å². The summed E-state index contributed by atoms with van der Waals surface area (Å²) in [5, 5.41) is 6.24. The Labute approximate surface area is 158 Å². The summed E-state index contributed by atoms with van der Waals surface area (Å²) in [5.74, 6) is 1.13. The summed E-state index contributed by atoms with van der Waals surface area (Å²) in [6, 6.07) is 18.8. The van der Waals surface area contributed by atoms with Crippen LogP contribution in [0.1, 0.15) is 29.8 Å². The predicted molar refractivity (Wildman–Crippen MR) is 108 cm³/mol. The second-order valence-electron chi connectivity index (χ2n) is 6.29. The smallest absolute Gasteiger partial charge is 0.271 e. The molecule has 0 aliphatic rings. The van der Waals surface area contributed by atoms with Gasteiger partial charge in [-0.25, -0.2) is 5.43 Å². The van der Waals surface area contributed by atoms with Gasteiger partial charge in [-0.3, -0.25) is 4.79 Å². The standard InChI is InChI=1S/C22H22N2O3/c1-15(2)27-21-13-10-16-6-4-5-7-19(16)20(21)14-23-24-22(25)17-8-11-18(26-3)12-9-17/h4-15H,1-3H3,(H,24,25)/b23-14-. The lowest BCUT2D eigenvalue weighted by atomic mass is 10.0. The number of hydrogen-bond donors (Lipinski definition) is 1. The van der Waals surface area contributed by atoms with Crippen LogP contribution in [0, 0.1) is 0 Å². The Morgan fingerprint density at radius 3 is 2.48 bits per heavy atom. The summed E-state index contributed by atoms with van der Waals surface area (Å²) in [4.78, 5) is 12.3. The average molecular weight is 362 g/mol. The number of rotatable bonds is 6. The van der Waals surface area contributed by atoms with Gasteiger partial charge in [0, 0.05) is 11.1 Å². The molecule has 0 atom stereocenters. The third kappa shape index (κ3) is 4.44. The maximum absolute atomic E-state index is 12.3. The highest BCUT2D eigenvalue weighted by molar-refractivity contribution is 6.03. The third-order valence-corrected chi connectivity index (χ3v) is 4.01. The van der Waals surface area contributed by atoms with Crippen LogP contribution >= 0.6 is 0 Å². The number of carbonyl (C=O) groups is 1. The average Bonchev–Trinajstić information content (AvgIpc) is 2.69. The number of ether oxygens (including phenoxy) is 2. The number of methoxy groups -OCH3 is 1. The van der Waals surface area contributed by atoms with Gasteiger partial charge in [0.15, 0.2) is 0 Å². The van der Waals surface area contributed by atoms with E-state index in [9.17, 15) is 4.79 Å². The van der Waals surface area contributed by atoms with E-state index in [1.165, 1.54) is 0 Å². The number of hydrazone groups is 1. The van der Waals surface area contributed by atoms with Gasteiger partial charge in [-0.2, -0.15) is 5.10 Å². The lowest BCUT2D eigenvalue weighted by Gasteiger charge is -2.14. The van der Waals surface area contributed by atoms with E-state index in [4.69, 9.17) is 9.47 Å². The molecule has 0 fully saturated rings. The minimum Gasteiger partial charge on any atom is -0.497 e. The molecule has 0 saturated carbocycles. The van der Waals surface area contributed by atoms with Crippen LogP contribution in [0.2, 0.25) is 0 Å². The second-order valence-corrected chi connectivity index (χ2v) is 6.29. The Morgan fingerprint density at radius 1 is 1.04 bits per heavy atom. The molecule has 5 nitrogen and oxygen atoms in total. The second kappa shape index (κ2) is 8.36. The van der Waals surface area contributed by atoms with E-state index in [1.54, 1.807) is 37.6 Å². The molecule has 1 amide bonds. The van der Waals surface area contributed by atoms with Crippen LogP contribution in [0.25, 0.3) is 10.8 Å². The molecule has 3 rings (SSSR count). The van der Waals surface area contributed by atoms with Gasteiger partial charge in [0.2, 0.25) is 0 Å². The molecule has 0 spiro atoms. The first-order valence-electron chi connectivity index (χ1n) is 8.74. The van der Waals surface area contributed by atoms with Crippen molar-refractivity contribution in [2.45, 2.75) is 20.0 Å². The molecule has 0 aromatic heterocycles. The van der Waals surface area contributed by atoms with Crippen molar-refractivity contribution in [3.05, 3.63) is 71.8 Å². The summed E-state index contributed by atoms with van der Waals surface area (Å²) < 4.78 is 11.0. The fourth-order valence-electron chi connectivity index (χ4n) is 2.73. The van der Waals surface area contributed by atoms with Crippen LogP contribution in [0.15, 0.2) is 65.8 Å². The molecule has 5 heteroatoms. The highest BCUT2D eigenvalue weighted by Gasteiger charge is 2.09. The van der Waals surface area contributed by atoms with Gasteiger partial charge in [-0.15, -0.1) is 0 Å². The summed E-state index contributed by atoms with van der Waals surface area (Å²) in [6.07, 6.45) is 1.66. The van der Waals surface area contributed by atoms with E-state index in [1.807, 2.05) is 50.2 Å². The third-order valence-electron chi connectivity index (χ3n) is 4.01. The van der Waals surface area contributed by atoms with Crippen molar-refractivity contribution in [3.8, 4) is 11.5 Å². The SMILES string of the molecule is COc1ccc(C(=O)N/N=C\c2c(OC(C)C)ccc3ccccc23)cc1. The largest absolute Gasteiger partial charge is 0.497 e. The lowest BCUT2D eigenvalue weighted by molar-refractivity contribution is 0.0955. The summed E-state index contributed by atoms with van der Waals surface area (Å²) in [5.41, 5.74) is 3.90. The van der Waals surface area contributed by atoms with Crippen molar-refractivity contribution < 1.29 is 14.3 Å². The molecule has 0 heterocycles. The molecule has 0 radical (unpaired) electrons. The van der Waals surface area contributed by atoms with Crippen LogP contribution in [-0.2, 0) is 0 Å². The molecular weight excluding hydrogens is 340 g/mol. The Balaban J connectivity index is 1.84. The van der Waals surface area contributed by atoms with E-state index in [0.29, 0.717) is 11.3 Å². The molecule has 1 N–H and O–H groups in total. The molecule has 3 aromatic carbocycles. The number of carbonyl (C=O) groups excluding carboxylic acids is 1. The summed E-state index contributed by atoms with van der Waals surface area (Å²) >= 11 is 0. The first-order valence-corrected chi connectivity index (χ1v) is 8.74. The number of fused-ring (bicyclic) bond motifs is 1. The Hall–Kier alpha value is -3.34. The van der Waals surface area contributed by atoms with Crippen molar-refractivity contribution in [2.75, 3.05) is 7.11 Å². The Kier molecular flexibility index (Phi) is 5.71. The molecule has 0 saturated heterocycles. The zero-order chi connectivity index (χ0) is 19.2. The van der Waals surface area contributed by atoms with Crippen LogP contribution < -0.4 is 14.9 Å². The van der Waals surface area contributed by atoms with Crippen molar-refractivity contribution in [1.82, 2.24) is 5.43 Å². The first kappa shape index (κ1) is 18.5. The molecule has 138 valence electrons. The van der Waals surface area contributed by atoms with Gasteiger partial charge in [0.05, 0.1) is 19.4 Å². The minimum absolute atomic E-state index is 0.0344. The van der Waals surface area contributed by atoms with Gasteiger partial charge in [0.25, 0.3) is 5.91 Å². The Bertz CT molecular complexity index is 963. The summed E-state index contributed by atoms with van der Waals surface area (Å²) in [6.45, 7) is 3.95. The van der Waals surface area contributed by atoms with Crippen LogP contribution in [-0.4, -0.2) is 25.3 Å². The van der Waals surface area contributed by atoms with E-state index in [-0.39, 0.29) is 12.0 Å². The number of benzene rings is 3. The van der Waals surface area contributed by atoms with E-state index in [2.05, 4.69) is 10.5 Å². The van der Waals surface area contributed by atoms with Gasteiger partial charge in [0.1, 0.15) is 11.5 Å². The van der Waals surface area contributed by atoms with E-state index < -0.39 is 0 Å². The zero-order valence-corrected chi connectivity index (χ0v) is 15.6. The van der Waals surface area contributed by atoms with E-state index >= 15 is 0 Å². The molecule has 0 aliphatic carbocycles. The number of hydrogen-bond acceptors (Lipinski definition) is 4.